The lowest BCUT2D eigenvalue weighted by Crippen LogP contribution is -2.29. The van der Waals surface area contributed by atoms with Crippen LogP contribution < -0.4 is 15.5 Å². The normalized spacial score (nSPS) is 16.5. The van der Waals surface area contributed by atoms with Crippen molar-refractivity contribution >= 4 is 40.7 Å². The highest BCUT2D eigenvalue weighted by molar-refractivity contribution is 6.34. The fourth-order valence-corrected chi connectivity index (χ4v) is 3.18. The number of carbonyl (C=O) groups is 3. The molecule has 3 amide bonds. The first-order valence-electron chi connectivity index (χ1n) is 8.18. The SMILES string of the molecule is CNC(=O)c1ccccc1NC(=O)C1CC(=O)N(c2ccccc2Cl)C1. The molecule has 0 aromatic heterocycles. The van der Waals surface area contributed by atoms with E-state index in [9.17, 15) is 14.4 Å². The molecule has 1 atom stereocenters. The number of para-hydroxylation sites is 2. The lowest BCUT2D eigenvalue weighted by molar-refractivity contribution is -0.122. The second-order valence-electron chi connectivity index (χ2n) is 5.97. The molecule has 2 aromatic rings. The minimum absolute atomic E-state index is 0.0964. The minimum Gasteiger partial charge on any atom is -0.355 e. The zero-order valence-electron chi connectivity index (χ0n) is 14.2. The number of hydrogen-bond donors (Lipinski definition) is 2. The molecule has 1 unspecified atom stereocenters. The molecule has 1 aliphatic rings. The van der Waals surface area contributed by atoms with Gasteiger partial charge in [-0.1, -0.05) is 35.9 Å². The van der Waals surface area contributed by atoms with Gasteiger partial charge in [-0.25, -0.2) is 0 Å². The molecule has 0 saturated carbocycles. The summed E-state index contributed by atoms with van der Waals surface area (Å²) in [5.74, 6) is -1.26. The molecule has 2 N–H and O–H groups in total. The highest BCUT2D eigenvalue weighted by Crippen LogP contribution is 2.31. The summed E-state index contributed by atoms with van der Waals surface area (Å²) in [5.41, 5.74) is 1.39. The topological polar surface area (TPSA) is 78.5 Å². The molecule has 0 spiro atoms. The number of amides is 3. The predicted molar refractivity (Wildman–Crippen MR) is 100 cm³/mol. The molecule has 7 heteroatoms. The highest BCUT2D eigenvalue weighted by atomic mass is 35.5. The average molecular weight is 372 g/mol. The molecule has 0 aliphatic carbocycles. The van der Waals surface area contributed by atoms with Gasteiger partial charge in [-0.15, -0.1) is 0 Å². The largest absolute Gasteiger partial charge is 0.355 e. The van der Waals surface area contributed by atoms with Crippen molar-refractivity contribution in [1.82, 2.24) is 5.32 Å². The molecule has 6 nitrogen and oxygen atoms in total. The van der Waals surface area contributed by atoms with Crippen molar-refractivity contribution in [3.63, 3.8) is 0 Å². The highest BCUT2D eigenvalue weighted by Gasteiger charge is 2.36. The Morgan fingerprint density at radius 3 is 2.54 bits per heavy atom. The van der Waals surface area contributed by atoms with Crippen molar-refractivity contribution in [2.45, 2.75) is 6.42 Å². The predicted octanol–water partition coefficient (Wildman–Crippen LogP) is 2.69. The van der Waals surface area contributed by atoms with E-state index in [-0.39, 0.29) is 30.7 Å². The number of nitrogens with zero attached hydrogens (tertiary/aromatic N) is 1. The van der Waals surface area contributed by atoms with Crippen LogP contribution in [0.4, 0.5) is 11.4 Å². The summed E-state index contributed by atoms with van der Waals surface area (Å²) < 4.78 is 0. The Labute approximate surface area is 156 Å². The van der Waals surface area contributed by atoms with Crippen LogP contribution >= 0.6 is 11.6 Å². The molecule has 1 saturated heterocycles. The second-order valence-corrected chi connectivity index (χ2v) is 6.38. The fourth-order valence-electron chi connectivity index (χ4n) is 2.95. The molecule has 134 valence electrons. The van der Waals surface area contributed by atoms with E-state index in [4.69, 9.17) is 11.6 Å². The van der Waals surface area contributed by atoms with Gasteiger partial charge in [0.1, 0.15) is 0 Å². The van der Waals surface area contributed by atoms with Crippen LogP contribution in [0.15, 0.2) is 48.5 Å². The van der Waals surface area contributed by atoms with E-state index in [2.05, 4.69) is 10.6 Å². The third-order valence-electron chi connectivity index (χ3n) is 4.30. The van der Waals surface area contributed by atoms with Gasteiger partial charge in [-0.05, 0) is 24.3 Å². The van der Waals surface area contributed by atoms with E-state index in [1.807, 2.05) is 0 Å². The van der Waals surface area contributed by atoms with E-state index in [0.717, 1.165) is 0 Å². The summed E-state index contributed by atoms with van der Waals surface area (Å²) >= 11 is 6.16. The van der Waals surface area contributed by atoms with Crippen molar-refractivity contribution in [2.24, 2.45) is 5.92 Å². The van der Waals surface area contributed by atoms with Gasteiger partial charge in [0.25, 0.3) is 5.91 Å². The van der Waals surface area contributed by atoms with Crippen LogP contribution in [0.2, 0.25) is 5.02 Å². The Morgan fingerprint density at radius 1 is 1.12 bits per heavy atom. The van der Waals surface area contributed by atoms with Gasteiger partial charge in [-0.3, -0.25) is 14.4 Å². The van der Waals surface area contributed by atoms with E-state index < -0.39 is 5.92 Å². The standard InChI is InChI=1S/C19H18ClN3O3/c1-21-19(26)13-6-2-4-8-15(13)22-18(25)12-10-17(24)23(11-12)16-9-5-3-7-14(16)20/h2-9,12H,10-11H2,1H3,(H,21,26)(H,22,25). The van der Waals surface area contributed by atoms with Crippen LogP contribution in [0.1, 0.15) is 16.8 Å². The number of nitrogens with one attached hydrogen (secondary N) is 2. The number of carbonyl (C=O) groups excluding carboxylic acids is 3. The Kier molecular flexibility index (Phi) is 5.23. The molecular weight excluding hydrogens is 354 g/mol. The van der Waals surface area contributed by atoms with E-state index in [0.29, 0.717) is 22.0 Å². The Morgan fingerprint density at radius 2 is 1.81 bits per heavy atom. The first-order chi connectivity index (χ1) is 12.5. The molecular formula is C19H18ClN3O3. The Bertz CT molecular complexity index is 869. The number of hydrogen-bond acceptors (Lipinski definition) is 3. The molecule has 26 heavy (non-hydrogen) atoms. The average Bonchev–Trinajstić information content (AvgIpc) is 3.03. The lowest BCUT2D eigenvalue weighted by Gasteiger charge is -2.18. The summed E-state index contributed by atoms with van der Waals surface area (Å²) in [6.07, 6.45) is 0.0964. The van der Waals surface area contributed by atoms with E-state index in [1.165, 1.54) is 11.9 Å². The second kappa shape index (κ2) is 7.58. The molecule has 1 heterocycles. The Balaban J connectivity index is 1.76. The van der Waals surface area contributed by atoms with Gasteiger partial charge in [-0.2, -0.15) is 0 Å². The van der Waals surface area contributed by atoms with Gasteiger partial charge >= 0.3 is 0 Å². The maximum absolute atomic E-state index is 12.6. The van der Waals surface area contributed by atoms with Crippen molar-refractivity contribution < 1.29 is 14.4 Å². The van der Waals surface area contributed by atoms with Crippen molar-refractivity contribution in [1.29, 1.82) is 0 Å². The molecule has 1 fully saturated rings. The van der Waals surface area contributed by atoms with Crippen LogP contribution in [0.25, 0.3) is 0 Å². The zero-order chi connectivity index (χ0) is 18.7. The first kappa shape index (κ1) is 17.9. The van der Waals surface area contributed by atoms with Gasteiger partial charge in [0.15, 0.2) is 0 Å². The van der Waals surface area contributed by atoms with Gasteiger partial charge in [0, 0.05) is 20.0 Å². The van der Waals surface area contributed by atoms with Crippen LogP contribution in [0.5, 0.6) is 0 Å². The summed E-state index contributed by atoms with van der Waals surface area (Å²) in [6, 6.07) is 13.8. The van der Waals surface area contributed by atoms with Crippen LogP contribution in [0, 0.1) is 5.92 Å². The third kappa shape index (κ3) is 3.55. The minimum atomic E-state index is -0.517. The van der Waals surface area contributed by atoms with Crippen LogP contribution in [-0.4, -0.2) is 31.3 Å². The lowest BCUT2D eigenvalue weighted by atomic mass is 10.1. The van der Waals surface area contributed by atoms with Crippen LogP contribution in [0.3, 0.4) is 0 Å². The number of benzene rings is 2. The fraction of sp³-hybridized carbons (Fsp3) is 0.211. The van der Waals surface area contributed by atoms with Crippen molar-refractivity contribution in [3.8, 4) is 0 Å². The molecule has 0 radical (unpaired) electrons. The maximum atomic E-state index is 12.6. The quantitative estimate of drug-likeness (QED) is 0.867. The Hall–Kier alpha value is -2.86. The van der Waals surface area contributed by atoms with E-state index >= 15 is 0 Å². The zero-order valence-corrected chi connectivity index (χ0v) is 14.9. The smallest absolute Gasteiger partial charge is 0.253 e. The summed E-state index contributed by atoms with van der Waals surface area (Å²) in [7, 11) is 1.53. The monoisotopic (exact) mass is 371 g/mol. The number of rotatable bonds is 4. The summed E-state index contributed by atoms with van der Waals surface area (Å²) in [4.78, 5) is 38.4. The van der Waals surface area contributed by atoms with Gasteiger partial charge < -0.3 is 15.5 Å². The molecule has 3 rings (SSSR count). The molecule has 1 aliphatic heterocycles. The van der Waals surface area contributed by atoms with Gasteiger partial charge in [0.2, 0.25) is 11.8 Å². The summed E-state index contributed by atoms with van der Waals surface area (Å²) in [6.45, 7) is 0.247. The first-order valence-corrected chi connectivity index (χ1v) is 8.56. The van der Waals surface area contributed by atoms with Gasteiger partial charge in [0.05, 0.1) is 27.9 Å². The van der Waals surface area contributed by atoms with E-state index in [1.54, 1.807) is 48.5 Å². The maximum Gasteiger partial charge on any atom is 0.253 e. The number of halogens is 1. The number of anilines is 2. The third-order valence-corrected chi connectivity index (χ3v) is 4.62. The van der Waals surface area contributed by atoms with Crippen molar-refractivity contribution in [2.75, 3.05) is 23.8 Å². The molecule has 0 bridgehead atoms. The van der Waals surface area contributed by atoms with Crippen molar-refractivity contribution in [3.05, 3.63) is 59.1 Å². The molecule has 2 aromatic carbocycles. The summed E-state index contributed by atoms with van der Waals surface area (Å²) in [5, 5.41) is 5.77. The van der Waals surface area contributed by atoms with Crippen LogP contribution in [-0.2, 0) is 9.59 Å².